The molecular weight excluding hydrogens is 428 g/mol. The van der Waals surface area contributed by atoms with Crippen molar-refractivity contribution >= 4 is 11.6 Å². The van der Waals surface area contributed by atoms with Crippen LogP contribution >= 0.6 is 0 Å². The smallest absolute Gasteiger partial charge is 0.244 e. The van der Waals surface area contributed by atoms with Gasteiger partial charge in [0.1, 0.15) is 0 Å². The van der Waals surface area contributed by atoms with Crippen molar-refractivity contribution in [2.75, 3.05) is 4.90 Å². The molecule has 4 aromatic carbocycles. The summed E-state index contributed by atoms with van der Waals surface area (Å²) >= 11 is 0. The van der Waals surface area contributed by atoms with Crippen molar-refractivity contribution in [1.82, 2.24) is 5.32 Å². The first kappa shape index (κ1) is 23.1. The topological polar surface area (TPSA) is 32.3 Å². The Morgan fingerprint density at radius 3 is 1.66 bits per heavy atom. The van der Waals surface area contributed by atoms with Crippen molar-refractivity contribution < 1.29 is 4.79 Å². The summed E-state index contributed by atoms with van der Waals surface area (Å²) in [6.45, 7) is 4.19. The molecule has 1 atom stereocenters. The number of anilines is 1. The summed E-state index contributed by atoms with van der Waals surface area (Å²) in [5.74, 6) is 0.122. The number of hydrogen-bond donors (Lipinski definition) is 1. The van der Waals surface area contributed by atoms with Crippen molar-refractivity contribution in [3.8, 4) is 0 Å². The third-order valence-corrected chi connectivity index (χ3v) is 7.02. The highest BCUT2D eigenvalue weighted by molar-refractivity contribution is 5.99. The molecule has 0 aliphatic carbocycles. The average Bonchev–Trinajstić information content (AvgIpc) is 3.04. The lowest BCUT2D eigenvalue weighted by molar-refractivity contribution is -0.121. The summed E-state index contributed by atoms with van der Waals surface area (Å²) in [5, 5.41) is 3.94. The van der Waals surface area contributed by atoms with Crippen molar-refractivity contribution in [3.63, 3.8) is 0 Å². The van der Waals surface area contributed by atoms with E-state index in [0.29, 0.717) is 0 Å². The Labute approximate surface area is 208 Å². The summed E-state index contributed by atoms with van der Waals surface area (Å²) in [5.41, 5.74) is 4.92. The SMILES string of the molecule is CC(C)N1C(=O)C(NC(c2ccccc2)(c2ccccc2)c2ccccc2)CCc2ccccc21. The van der Waals surface area contributed by atoms with E-state index in [2.05, 4.69) is 110 Å². The molecule has 1 unspecified atom stereocenters. The largest absolute Gasteiger partial charge is 0.308 e. The Balaban J connectivity index is 1.68. The monoisotopic (exact) mass is 460 g/mol. The second-order valence-electron chi connectivity index (χ2n) is 9.51. The summed E-state index contributed by atoms with van der Waals surface area (Å²) in [6.07, 6.45) is 1.57. The molecule has 1 amide bonds. The standard InChI is InChI=1S/C32H32N2O/c1-24(2)34-30-21-13-12-14-25(30)22-23-29(31(34)35)33-32(26-15-6-3-7-16-26,27-17-8-4-9-18-27)28-19-10-5-11-20-28/h3-21,24,29,33H,22-23H2,1-2H3. The van der Waals surface area contributed by atoms with Gasteiger partial charge >= 0.3 is 0 Å². The van der Waals surface area contributed by atoms with E-state index in [1.165, 1.54) is 5.56 Å². The molecule has 0 bridgehead atoms. The van der Waals surface area contributed by atoms with E-state index in [1.807, 2.05) is 29.2 Å². The third-order valence-electron chi connectivity index (χ3n) is 7.02. The lowest BCUT2D eigenvalue weighted by atomic mass is 9.76. The normalized spacial score (nSPS) is 16.1. The highest BCUT2D eigenvalue weighted by atomic mass is 16.2. The number of carbonyl (C=O) groups is 1. The molecular formula is C32H32N2O. The predicted molar refractivity (Wildman–Crippen MR) is 144 cm³/mol. The van der Waals surface area contributed by atoms with E-state index in [0.717, 1.165) is 35.2 Å². The molecule has 3 heteroatoms. The number of aryl methyl sites for hydroxylation is 1. The van der Waals surface area contributed by atoms with Gasteiger partial charge in [0.05, 0.1) is 11.6 Å². The first-order valence-electron chi connectivity index (χ1n) is 12.5. The zero-order chi connectivity index (χ0) is 24.3. The number of rotatable bonds is 6. The molecule has 0 aromatic heterocycles. The van der Waals surface area contributed by atoms with Crippen LogP contribution in [0.5, 0.6) is 0 Å². The molecule has 35 heavy (non-hydrogen) atoms. The molecule has 1 aliphatic rings. The van der Waals surface area contributed by atoms with Gasteiger partial charge < -0.3 is 4.90 Å². The van der Waals surface area contributed by atoms with Crippen LogP contribution in [0.2, 0.25) is 0 Å². The van der Waals surface area contributed by atoms with Crippen LogP contribution in [0.4, 0.5) is 5.69 Å². The van der Waals surface area contributed by atoms with Crippen LogP contribution in [-0.2, 0) is 16.8 Å². The van der Waals surface area contributed by atoms with Crippen LogP contribution in [0.15, 0.2) is 115 Å². The maximum Gasteiger partial charge on any atom is 0.244 e. The van der Waals surface area contributed by atoms with Crippen molar-refractivity contribution in [2.24, 2.45) is 0 Å². The van der Waals surface area contributed by atoms with Crippen LogP contribution < -0.4 is 10.2 Å². The first-order chi connectivity index (χ1) is 17.1. The maximum absolute atomic E-state index is 14.2. The summed E-state index contributed by atoms with van der Waals surface area (Å²) < 4.78 is 0. The van der Waals surface area contributed by atoms with Gasteiger partial charge in [-0.25, -0.2) is 0 Å². The van der Waals surface area contributed by atoms with E-state index >= 15 is 0 Å². The molecule has 3 nitrogen and oxygen atoms in total. The van der Waals surface area contributed by atoms with Gasteiger partial charge in [-0.15, -0.1) is 0 Å². The number of carbonyl (C=O) groups excluding carboxylic acids is 1. The molecule has 0 saturated carbocycles. The van der Waals surface area contributed by atoms with Gasteiger partial charge in [0.25, 0.3) is 0 Å². The molecule has 0 radical (unpaired) electrons. The third kappa shape index (κ3) is 4.28. The minimum absolute atomic E-state index is 0.0608. The molecule has 1 aliphatic heterocycles. The molecule has 1 heterocycles. The Morgan fingerprint density at radius 1 is 0.714 bits per heavy atom. The van der Waals surface area contributed by atoms with Crippen LogP contribution in [0.1, 0.15) is 42.5 Å². The highest BCUT2D eigenvalue weighted by Gasteiger charge is 2.42. The summed E-state index contributed by atoms with van der Waals surface area (Å²) in [6, 6.07) is 39.5. The van der Waals surface area contributed by atoms with E-state index in [4.69, 9.17) is 0 Å². The minimum atomic E-state index is -0.677. The van der Waals surface area contributed by atoms with Gasteiger partial charge in [-0.3, -0.25) is 10.1 Å². The number of hydrogen-bond acceptors (Lipinski definition) is 2. The second kappa shape index (κ2) is 9.89. The Kier molecular flexibility index (Phi) is 6.52. The first-order valence-corrected chi connectivity index (χ1v) is 12.5. The quantitative estimate of drug-likeness (QED) is 0.341. The molecule has 176 valence electrons. The molecule has 0 spiro atoms. The lowest BCUT2D eigenvalue weighted by Crippen LogP contribution is -2.56. The summed E-state index contributed by atoms with van der Waals surface area (Å²) in [7, 11) is 0. The molecule has 1 N–H and O–H groups in total. The molecule has 5 rings (SSSR count). The highest BCUT2D eigenvalue weighted by Crippen LogP contribution is 2.39. The van der Waals surface area contributed by atoms with Crippen molar-refractivity contribution in [2.45, 2.75) is 44.3 Å². The van der Waals surface area contributed by atoms with Crippen molar-refractivity contribution in [3.05, 3.63) is 138 Å². The fourth-order valence-electron chi connectivity index (χ4n) is 5.41. The molecule has 4 aromatic rings. The number of fused-ring (bicyclic) bond motifs is 1. The predicted octanol–water partition coefficient (Wildman–Crippen LogP) is 6.32. The summed E-state index contributed by atoms with van der Waals surface area (Å²) in [4.78, 5) is 16.2. The van der Waals surface area contributed by atoms with Gasteiger partial charge in [0.15, 0.2) is 0 Å². The van der Waals surface area contributed by atoms with Gasteiger partial charge in [-0.1, -0.05) is 109 Å². The van der Waals surface area contributed by atoms with Crippen LogP contribution in [0.25, 0.3) is 0 Å². The molecule has 0 saturated heterocycles. The van der Waals surface area contributed by atoms with Gasteiger partial charge in [-0.05, 0) is 55.0 Å². The number of amides is 1. The number of benzene rings is 4. The number of nitrogens with zero attached hydrogens (tertiary/aromatic N) is 1. The van der Waals surface area contributed by atoms with Crippen molar-refractivity contribution in [1.29, 1.82) is 0 Å². The fourth-order valence-corrected chi connectivity index (χ4v) is 5.41. The zero-order valence-electron chi connectivity index (χ0n) is 20.4. The lowest BCUT2D eigenvalue weighted by Gasteiger charge is -2.41. The van der Waals surface area contributed by atoms with Crippen LogP contribution in [0, 0.1) is 0 Å². The fraction of sp³-hybridized carbons (Fsp3) is 0.219. The molecule has 0 fully saturated rings. The van der Waals surface area contributed by atoms with Gasteiger partial charge in [0.2, 0.25) is 5.91 Å². The van der Waals surface area contributed by atoms with Gasteiger partial charge in [0, 0.05) is 11.7 Å². The number of para-hydroxylation sites is 1. The Bertz CT molecular complexity index is 1170. The number of nitrogens with one attached hydrogen (secondary N) is 1. The minimum Gasteiger partial charge on any atom is -0.308 e. The second-order valence-corrected chi connectivity index (χ2v) is 9.51. The van der Waals surface area contributed by atoms with Crippen LogP contribution in [-0.4, -0.2) is 18.0 Å². The van der Waals surface area contributed by atoms with E-state index in [9.17, 15) is 4.79 Å². The zero-order valence-corrected chi connectivity index (χ0v) is 20.4. The van der Waals surface area contributed by atoms with E-state index < -0.39 is 5.54 Å². The maximum atomic E-state index is 14.2. The van der Waals surface area contributed by atoms with Gasteiger partial charge in [-0.2, -0.15) is 0 Å². The van der Waals surface area contributed by atoms with Crippen LogP contribution in [0.3, 0.4) is 0 Å². The van der Waals surface area contributed by atoms with E-state index in [-0.39, 0.29) is 18.0 Å². The Hall–Kier alpha value is -3.69. The van der Waals surface area contributed by atoms with E-state index in [1.54, 1.807) is 0 Å². The Morgan fingerprint density at radius 2 is 1.17 bits per heavy atom. The average molecular weight is 461 g/mol.